The van der Waals surface area contributed by atoms with Crippen LogP contribution in [0.1, 0.15) is 129 Å². The number of amides is 1. The third-order valence-electron chi connectivity index (χ3n) is 6.72. The van der Waals surface area contributed by atoms with Gasteiger partial charge in [0, 0.05) is 6.54 Å². The monoisotopic (exact) mass is 564 g/mol. The van der Waals surface area contributed by atoms with Gasteiger partial charge in [-0.25, -0.2) is 4.79 Å². The van der Waals surface area contributed by atoms with Crippen molar-refractivity contribution in [1.29, 1.82) is 0 Å². The molecule has 1 amide bonds. The first-order valence-electron chi connectivity index (χ1n) is 14.8. The second-order valence-electron chi connectivity index (χ2n) is 10.7. The van der Waals surface area contributed by atoms with Gasteiger partial charge in [0.2, 0.25) is 0 Å². The zero-order valence-corrected chi connectivity index (χ0v) is 25.6. The van der Waals surface area contributed by atoms with E-state index in [1.165, 1.54) is 109 Å². The van der Waals surface area contributed by atoms with E-state index in [1.807, 2.05) is 0 Å². The Hall–Kier alpha value is -0.330. The van der Waals surface area contributed by atoms with Gasteiger partial charge in [-0.2, -0.15) is 0 Å². The molecular formula is C29H61BrN2O3. The first kappa shape index (κ1) is 36.8. The van der Waals surface area contributed by atoms with Crippen LogP contribution in [0.3, 0.4) is 0 Å². The van der Waals surface area contributed by atoms with Gasteiger partial charge in [0.15, 0.2) is 0 Å². The van der Waals surface area contributed by atoms with Crippen molar-refractivity contribution in [2.75, 3.05) is 53.6 Å². The maximum absolute atomic E-state index is 11.6. The molecule has 0 spiro atoms. The molecule has 0 saturated heterocycles. The van der Waals surface area contributed by atoms with Crippen LogP contribution < -0.4 is 22.3 Å². The molecule has 1 N–H and O–H groups in total. The summed E-state index contributed by atoms with van der Waals surface area (Å²) < 4.78 is 11.8. The molecule has 0 rings (SSSR count). The molecule has 0 aromatic rings. The van der Waals surface area contributed by atoms with Crippen molar-refractivity contribution < 1.29 is 35.7 Å². The summed E-state index contributed by atoms with van der Waals surface area (Å²) in [5.41, 5.74) is 0. The zero-order valence-electron chi connectivity index (χ0n) is 24.0. The molecule has 35 heavy (non-hydrogen) atoms. The lowest BCUT2D eigenvalue weighted by atomic mass is 10.0. The van der Waals surface area contributed by atoms with Crippen molar-refractivity contribution in [3.8, 4) is 0 Å². The number of unbranched alkanes of at least 4 members (excludes halogenated alkanes) is 16. The summed E-state index contributed by atoms with van der Waals surface area (Å²) >= 11 is 0. The molecule has 212 valence electrons. The average molecular weight is 566 g/mol. The van der Waals surface area contributed by atoms with E-state index < -0.39 is 0 Å². The molecule has 6 heteroatoms. The van der Waals surface area contributed by atoms with Crippen molar-refractivity contribution in [2.45, 2.75) is 129 Å². The van der Waals surface area contributed by atoms with Crippen molar-refractivity contribution >= 4 is 6.09 Å². The zero-order chi connectivity index (χ0) is 25.2. The van der Waals surface area contributed by atoms with Crippen LogP contribution in [0.2, 0.25) is 0 Å². The predicted octanol–water partition coefficient (Wildman–Crippen LogP) is 4.87. The van der Waals surface area contributed by atoms with Crippen LogP contribution in [-0.2, 0) is 9.47 Å². The van der Waals surface area contributed by atoms with E-state index in [1.54, 1.807) is 0 Å². The molecule has 0 aromatic carbocycles. The first-order valence-corrected chi connectivity index (χ1v) is 14.8. The maximum Gasteiger partial charge on any atom is 0.407 e. The van der Waals surface area contributed by atoms with E-state index in [4.69, 9.17) is 9.47 Å². The standard InChI is InChI=1S/C29H60N2O3.BrH/c1-5-7-9-11-12-13-14-15-16-17-18-19-20-22-24-31(3,4)25-26-33-27-28-34-29(32)30-23-21-10-8-6-2;/h5-28H2,1-4H3;1H. The van der Waals surface area contributed by atoms with Gasteiger partial charge in [0.05, 0.1) is 33.9 Å². The van der Waals surface area contributed by atoms with Crippen molar-refractivity contribution in [3.63, 3.8) is 0 Å². The molecule has 0 heterocycles. The number of likely N-dealkylation sites (N-methyl/N-ethyl adjacent to an activating group) is 1. The maximum atomic E-state index is 11.6. The Morgan fingerprint density at radius 2 is 1.06 bits per heavy atom. The number of carbonyl (C=O) groups excluding carboxylic acids is 1. The van der Waals surface area contributed by atoms with Gasteiger partial charge >= 0.3 is 6.09 Å². The van der Waals surface area contributed by atoms with Crippen molar-refractivity contribution in [3.05, 3.63) is 0 Å². The molecule has 0 aliphatic carbocycles. The molecule has 0 aliphatic heterocycles. The summed E-state index contributed by atoms with van der Waals surface area (Å²) in [6.45, 7) is 8.89. The van der Waals surface area contributed by atoms with Gasteiger partial charge in [-0.05, 0) is 19.3 Å². The molecule has 0 radical (unpaired) electrons. The number of halogens is 1. The van der Waals surface area contributed by atoms with Crippen LogP contribution in [-0.4, -0.2) is 64.1 Å². The third kappa shape index (κ3) is 29.8. The number of carbonyl (C=O) groups is 1. The second kappa shape index (κ2) is 28.2. The highest BCUT2D eigenvalue weighted by atomic mass is 79.9. The largest absolute Gasteiger partial charge is 1.00 e. The van der Waals surface area contributed by atoms with Crippen molar-refractivity contribution in [2.24, 2.45) is 0 Å². The number of ether oxygens (including phenoxy) is 2. The fourth-order valence-electron chi connectivity index (χ4n) is 4.25. The second-order valence-corrected chi connectivity index (χ2v) is 10.7. The number of nitrogens with one attached hydrogen (secondary N) is 1. The molecule has 0 saturated carbocycles. The van der Waals surface area contributed by atoms with E-state index in [-0.39, 0.29) is 23.1 Å². The number of rotatable bonds is 26. The van der Waals surface area contributed by atoms with Crippen molar-refractivity contribution in [1.82, 2.24) is 5.32 Å². The Kier molecular flexibility index (Phi) is 29.7. The number of quaternary nitrogens is 1. The van der Waals surface area contributed by atoms with Crippen LogP contribution in [0, 0.1) is 0 Å². The Balaban J connectivity index is 0. The number of nitrogens with zero attached hydrogens (tertiary/aromatic N) is 1. The van der Waals surface area contributed by atoms with Crippen LogP contribution in [0.25, 0.3) is 0 Å². The average Bonchev–Trinajstić information content (AvgIpc) is 2.81. The summed E-state index contributed by atoms with van der Waals surface area (Å²) in [5.74, 6) is 0. The first-order chi connectivity index (χ1) is 16.5. The van der Waals surface area contributed by atoms with E-state index in [2.05, 4.69) is 33.3 Å². The SMILES string of the molecule is CCCCCCCCCCCCCCCC[N+](C)(C)CCOCCOC(=O)NCCCCCC.[Br-]. The van der Waals surface area contributed by atoms with Gasteiger partial charge in [0.25, 0.3) is 0 Å². The lowest BCUT2D eigenvalue weighted by Gasteiger charge is -2.29. The van der Waals surface area contributed by atoms with Gasteiger partial charge in [-0.15, -0.1) is 0 Å². The Labute approximate surface area is 229 Å². The van der Waals surface area contributed by atoms with E-state index in [9.17, 15) is 4.79 Å². The molecule has 0 fully saturated rings. The smallest absolute Gasteiger partial charge is 0.407 e. The van der Waals surface area contributed by atoms with Gasteiger partial charge in [0.1, 0.15) is 13.2 Å². The minimum absolute atomic E-state index is 0. The third-order valence-corrected chi connectivity index (χ3v) is 6.72. The molecule has 0 aliphatic rings. The predicted molar refractivity (Wildman–Crippen MR) is 146 cm³/mol. The summed E-state index contributed by atoms with van der Waals surface area (Å²) in [6, 6.07) is 0. The molecule has 5 nitrogen and oxygen atoms in total. The molecule has 0 bridgehead atoms. The molecule has 0 atom stereocenters. The topological polar surface area (TPSA) is 47.6 Å². The van der Waals surface area contributed by atoms with Crippen LogP contribution in [0.15, 0.2) is 0 Å². The number of hydrogen-bond acceptors (Lipinski definition) is 3. The lowest BCUT2D eigenvalue weighted by Crippen LogP contribution is -3.00. The van der Waals surface area contributed by atoms with E-state index in [0.717, 1.165) is 23.9 Å². The molecular weight excluding hydrogens is 504 g/mol. The Bertz CT molecular complexity index is 436. The quantitative estimate of drug-likeness (QED) is 0.120. The normalized spacial score (nSPS) is 11.3. The van der Waals surface area contributed by atoms with Gasteiger partial charge in [-0.3, -0.25) is 0 Å². The van der Waals surface area contributed by atoms with Crippen LogP contribution in [0.5, 0.6) is 0 Å². The fourth-order valence-corrected chi connectivity index (χ4v) is 4.25. The Morgan fingerprint density at radius 3 is 1.57 bits per heavy atom. The minimum atomic E-state index is -0.325. The van der Waals surface area contributed by atoms with Crippen LogP contribution in [0.4, 0.5) is 4.79 Å². The van der Waals surface area contributed by atoms with Gasteiger partial charge in [-0.1, -0.05) is 110 Å². The fraction of sp³-hybridized carbons (Fsp3) is 0.966. The number of hydrogen-bond donors (Lipinski definition) is 1. The summed E-state index contributed by atoms with van der Waals surface area (Å²) in [5, 5.41) is 2.80. The number of alkyl carbamates (subject to hydrolysis) is 1. The lowest BCUT2D eigenvalue weighted by molar-refractivity contribution is -0.891. The Morgan fingerprint density at radius 1 is 0.600 bits per heavy atom. The van der Waals surface area contributed by atoms with Gasteiger partial charge < -0.3 is 36.3 Å². The van der Waals surface area contributed by atoms with E-state index >= 15 is 0 Å². The highest BCUT2D eigenvalue weighted by Gasteiger charge is 2.14. The molecule has 0 unspecified atom stereocenters. The minimum Gasteiger partial charge on any atom is -1.00 e. The summed E-state index contributed by atoms with van der Waals surface area (Å²) in [7, 11) is 4.57. The molecule has 0 aromatic heterocycles. The van der Waals surface area contributed by atoms with Crippen LogP contribution >= 0.6 is 0 Å². The summed E-state index contributed by atoms with van der Waals surface area (Å²) in [4.78, 5) is 11.6. The van der Waals surface area contributed by atoms with E-state index in [0.29, 0.717) is 26.4 Å². The highest BCUT2D eigenvalue weighted by molar-refractivity contribution is 5.66. The summed E-state index contributed by atoms with van der Waals surface area (Å²) in [6.07, 6.45) is 24.0. The highest BCUT2D eigenvalue weighted by Crippen LogP contribution is 2.13.